The molecule has 0 spiro atoms. The van der Waals surface area contributed by atoms with Crippen molar-refractivity contribution in [1.82, 2.24) is 0 Å². The Morgan fingerprint density at radius 1 is 1.15 bits per heavy atom. The molecule has 0 saturated carbocycles. The highest BCUT2D eigenvalue weighted by Crippen LogP contribution is 2.00. The molecule has 13 heavy (non-hydrogen) atoms. The Balaban J connectivity index is 0.000000310. The van der Waals surface area contributed by atoms with Gasteiger partial charge in [-0.1, -0.05) is 43.7 Å². The summed E-state index contributed by atoms with van der Waals surface area (Å²) < 4.78 is 0. The lowest BCUT2D eigenvalue weighted by Crippen LogP contribution is -1.78. The van der Waals surface area contributed by atoms with Gasteiger partial charge >= 0.3 is 0 Å². The molecular weight excluding hydrogens is 160 g/mol. The molecule has 1 aromatic carbocycles. The first-order valence-electron chi connectivity index (χ1n) is 4.68. The average Bonchev–Trinajstić information content (AvgIpc) is 2.06. The number of benzene rings is 1. The third-order valence-electron chi connectivity index (χ3n) is 1.38. The van der Waals surface area contributed by atoms with Crippen molar-refractivity contribution in [2.24, 2.45) is 0 Å². The van der Waals surface area contributed by atoms with Crippen molar-refractivity contribution in [2.45, 2.75) is 33.6 Å². The molecule has 0 N–H and O–H groups in total. The predicted molar refractivity (Wildman–Crippen MR) is 56.8 cm³/mol. The molecule has 0 amide bonds. The second-order valence-electron chi connectivity index (χ2n) is 3.14. The topological polar surface area (TPSA) is 17.1 Å². The van der Waals surface area contributed by atoms with E-state index in [1.165, 1.54) is 32.3 Å². The minimum Gasteiger partial charge on any atom is -0.300 e. The molecule has 1 rings (SSSR count). The highest BCUT2D eigenvalue weighted by Gasteiger charge is 1.84. The smallest absolute Gasteiger partial charge is 0.126 e. The Bertz CT molecular complexity index is 222. The van der Waals surface area contributed by atoms with Gasteiger partial charge in [-0.15, -0.1) is 0 Å². The number of hydrogen-bond acceptors (Lipinski definition) is 1. The second-order valence-corrected chi connectivity index (χ2v) is 3.14. The summed E-state index contributed by atoms with van der Waals surface area (Å²) in [4.78, 5) is 9.44. The van der Waals surface area contributed by atoms with Crippen molar-refractivity contribution in [3.8, 4) is 0 Å². The van der Waals surface area contributed by atoms with Crippen LogP contribution in [0.1, 0.15) is 32.8 Å². The number of hydrogen-bond donors (Lipinski definition) is 0. The first kappa shape index (κ1) is 11.9. The summed E-state index contributed by atoms with van der Waals surface area (Å²) in [5.41, 5.74) is 1.44. The monoisotopic (exact) mass is 178 g/mol. The van der Waals surface area contributed by atoms with E-state index in [1.807, 2.05) is 0 Å². The van der Waals surface area contributed by atoms with E-state index in [2.05, 4.69) is 37.3 Å². The van der Waals surface area contributed by atoms with Gasteiger partial charge in [-0.25, -0.2) is 0 Å². The summed E-state index contributed by atoms with van der Waals surface area (Å²) >= 11 is 0. The van der Waals surface area contributed by atoms with Crippen LogP contribution in [-0.4, -0.2) is 5.78 Å². The summed E-state index contributed by atoms with van der Waals surface area (Å²) in [6.45, 7) is 5.26. The summed E-state index contributed by atoms with van der Waals surface area (Å²) in [5, 5.41) is 0. The zero-order chi connectivity index (χ0) is 10.1. The van der Waals surface area contributed by atoms with Gasteiger partial charge in [0.2, 0.25) is 0 Å². The largest absolute Gasteiger partial charge is 0.300 e. The fourth-order valence-electron chi connectivity index (χ4n) is 0.933. The van der Waals surface area contributed by atoms with Crippen LogP contribution in [0.25, 0.3) is 0 Å². The standard InChI is InChI=1S/C9H12.C3H6O/c1-2-6-9-7-4-3-5-8-9;1-3(2)4/h3-5,7-8H,2,6H2,1H3;1-2H3. The van der Waals surface area contributed by atoms with E-state index in [4.69, 9.17) is 0 Å². The minimum absolute atomic E-state index is 0.167. The lowest BCUT2D eigenvalue weighted by Gasteiger charge is -1.93. The maximum absolute atomic E-state index is 9.44. The molecule has 0 radical (unpaired) electrons. The van der Waals surface area contributed by atoms with Crippen LogP contribution >= 0.6 is 0 Å². The van der Waals surface area contributed by atoms with Gasteiger partial charge in [0, 0.05) is 0 Å². The summed E-state index contributed by atoms with van der Waals surface area (Å²) in [6, 6.07) is 10.6. The fraction of sp³-hybridized carbons (Fsp3) is 0.417. The molecule has 72 valence electrons. The Morgan fingerprint density at radius 3 is 2.00 bits per heavy atom. The average molecular weight is 178 g/mol. The van der Waals surface area contributed by atoms with Gasteiger partial charge in [0.15, 0.2) is 0 Å². The maximum Gasteiger partial charge on any atom is 0.126 e. The SMILES string of the molecule is CC(C)=O.CCCc1ccccc1. The van der Waals surface area contributed by atoms with Gasteiger partial charge in [-0.3, -0.25) is 0 Å². The molecule has 1 nitrogen and oxygen atoms in total. The van der Waals surface area contributed by atoms with Crippen molar-refractivity contribution in [3.63, 3.8) is 0 Å². The van der Waals surface area contributed by atoms with E-state index in [-0.39, 0.29) is 5.78 Å². The van der Waals surface area contributed by atoms with E-state index in [1.54, 1.807) is 0 Å². The number of Topliss-reactive ketones (excluding diaryl/α,β-unsaturated/α-hetero) is 1. The van der Waals surface area contributed by atoms with E-state index in [0.717, 1.165) is 0 Å². The lowest BCUT2D eigenvalue weighted by molar-refractivity contribution is -0.114. The fourth-order valence-corrected chi connectivity index (χ4v) is 0.933. The summed E-state index contributed by atoms with van der Waals surface area (Å²) in [6.07, 6.45) is 2.45. The van der Waals surface area contributed by atoms with Gasteiger partial charge in [0.25, 0.3) is 0 Å². The molecule has 0 aliphatic heterocycles. The number of aryl methyl sites for hydroxylation is 1. The van der Waals surface area contributed by atoms with Crippen LogP contribution in [-0.2, 0) is 11.2 Å². The lowest BCUT2D eigenvalue weighted by atomic mass is 10.1. The zero-order valence-electron chi connectivity index (χ0n) is 8.71. The highest BCUT2D eigenvalue weighted by molar-refractivity contribution is 5.72. The molecule has 0 bridgehead atoms. The van der Waals surface area contributed by atoms with Crippen molar-refractivity contribution in [2.75, 3.05) is 0 Å². The molecule has 0 heterocycles. The molecule has 0 fully saturated rings. The van der Waals surface area contributed by atoms with Crippen LogP contribution in [0.15, 0.2) is 30.3 Å². The third-order valence-corrected chi connectivity index (χ3v) is 1.38. The first-order chi connectivity index (χ1) is 6.16. The molecule has 1 aromatic rings. The van der Waals surface area contributed by atoms with Crippen LogP contribution in [0, 0.1) is 0 Å². The van der Waals surface area contributed by atoms with Gasteiger partial charge in [0.05, 0.1) is 0 Å². The Labute approximate surface area is 80.8 Å². The van der Waals surface area contributed by atoms with Crippen LogP contribution in [0.5, 0.6) is 0 Å². The van der Waals surface area contributed by atoms with Crippen molar-refractivity contribution < 1.29 is 4.79 Å². The van der Waals surface area contributed by atoms with Crippen LogP contribution < -0.4 is 0 Å². The Kier molecular flexibility index (Phi) is 6.89. The molecule has 0 aromatic heterocycles. The van der Waals surface area contributed by atoms with E-state index in [0.29, 0.717) is 0 Å². The number of carbonyl (C=O) groups excluding carboxylic acids is 1. The Morgan fingerprint density at radius 2 is 1.62 bits per heavy atom. The van der Waals surface area contributed by atoms with Gasteiger partial charge in [0.1, 0.15) is 5.78 Å². The third kappa shape index (κ3) is 8.80. The van der Waals surface area contributed by atoms with E-state index >= 15 is 0 Å². The van der Waals surface area contributed by atoms with Crippen molar-refractivity contribution in [1.29, 1.82) is 0 Å². The van der Waals surface area contributed by atoms with Crippen molar-refractivity contribution in [3.05, 3.63) is 35.9 Å². The minimum atomic E-state index is 0.167. The number of rotatable bonds is 2. The van der Waals surface area contributed by atoms with E-state index < -0.39 is 0 Å². The second kappa shape index (κ2) is 7.53. The molecule has 0 unspecified atom stereocenters. The molecule has 0 saturated heterocycles. The zero-order valence-corrected chi connectivity index (χ0v) is 8.71. The molecular formula is C12H18O. The molecule has 0 aliphatic rings. The quantitative estimate of drug-likeness (QED) is 0.679. The van der Waals surface area contributed by atoms with Gasteiger partial charge in [-0.2, -0.15) is 0 Å². The normalized spacial score (nSPS) is 8.54. The van der Waals surface area contributed by atoms with Crippen LogP contribution in [0.2, 0.25) is 0 Å². The van der Waals surface area contributed by atoms with Crippen molar-refractivity contribution >= 4 is 5.78 Å². The Hall–Kier alpha value is -1.11. The first-order valence-corrected chi connectivity index (χ1v) is 4.68. The predicted octanol–water partition coefficient (Wildman–Crippen LogP) is 3.23. The number of ketones is 1. The van der Waals surface area contributed by atoms with E-state index in [9.17, 15) is 4.79 Å². The summed E-state index contributed by atoms with van der Waals surface area (Å²) in [7, 11) is 0. The number of carbonyl (C=O) groups is 1. The molecule has 0 atom stereocenters. The van der Waals surface area contributed by atoms with Gasteiger partial charge < -0.3 is 4.79 Å². The summed E-state index contributed by atoms with van der Waals surface area (Å²) in [5.74, 6) is 0.167. The molecule has 0 aliphatic carbocycles. The highest BCUT2D eigenvalue weighted by atomic mass is 16.1. The van der Waals surface area contributed by atoms with Crippen LogP contribution in [0.3, 0.4) is 0 Å². The maximum atomic E-state index is 9.44. The molecule has 1 heteroatoms. The van der Waals surface area contributed by atoms with Gasteiger partial charge in [-0.05, 0) is 25.8 Å². The van der Waals surface area contributed by atoms with Crippen LogP contribution in [0.4, 0.5) is 0 Å².